The van der Waals surface area contributed by atoms with Crippen LogP contribution in [0.25, 0.3) is 10.9 Å². The molecule has 1 aliphatic rings. The number of hydrogen-bond donors (Lipinski definition) is 0. The number of amides is 1. The quantitative estimate of drug-likeness (QED) is 0.619. The Morgan fingerprint density at radius 1 is 1.21 bits per heavy atom. The molecular weight excluding hydrogens is 377 g/mol. The Kier molecular flexibility index (Phi) is 4.62. The molecule has 3 heterocycles. The van der Waals surface area contributed by atoms with E-state index in [0.29, 0.717) is 33.6 Å². The van der Waals surface area contributed by atoms with E-state index in [0.717, 1.165) is 0 Å². The predicted octanol–water partition coefficient (Wildman–Crippen LogP) is 1.03. The number of rotatable bonds is 3. The van der Waals surface area contributed by atoms with E-state index < -0.39 is 9.84 Å². The Hall–Kier alpha value is -2.81. The minimum atomic E-state index is -3.06. The Labute approximate surface area is 164 Å². The molecule has 0 bridgehead atoms. The highest BCUT2D eigenvalue weighted by atomic mass is 32.2. The summed E-state index contributed by atoms with van der Waals surface area (Å²) in [6.45, 7) is 0.378. The number of nitrogens with zero attached hydrogens (tertiary/aromatic N) is 3. The van der Waals surface area contributed by atoms with Gasteiger partial charge >= 0.3 is 0 Å². The third-order valence-electron chi connectivity index (χ3n) is 4.80. The summed E-state index contributed by atoms with van der Waals surface area (Å²) < 4.78 is 31.0. The van der Waals surface area contributed by atoms with E-state index in [9.17, 15) is 13.2 Å². The second kappa shape index (κ2) is 6.98. The van der Waals surface area contributed by atoms with E-state index >= 15 is 0 Å². The summed E-state index contributed by atoms with van der Waals surface area (Å²) in [5.41, 5.74) is 1.68. The van der Waals surface area contributed by atoms with Gasteiger partial charge in [-0.25, -0.2) is 13.4 Å². The van der Waals surface area contributed by atoms with Crippen LogP contribution in [0.15, 0.2) is 42.7 Å². The summed E-state index contributed by atoms with van der Waals surface area (Å²) in [4.78, 5) is 18.9. The van der Waals surface area contributed by atoms with Crippen LogP contribution < -0.4 is 10.2 Å². The first kappa shape index (κ1) is 18.6. The molecule has 0 saturated carbocycles. The number of carbonyl (C=O) groups excluding carboxylic acids is 1. The van der Waals surface area contributed by atoms with E-state index in [2.05, 4.69) is 4.98 Å². The summed E-state index contributed by atoms with van der Waals surface area (Å²) in [5.74, 6) is 0.666. The number of benzene rings is 1. The third-order valence-corrected chi connectivity index (χ3v) is 6.41. The first-order valence-electron chi connectivity index (χ1n) is 8.81. The van der Waals surface area contributed by atoms with Crippen LogP contribution in [0.2, 0.25) is 0 Å². The van der Waals surface area contributed by atoms with Gasteiger partial charge in [-0.2, -0.15) is 0 Å². The van der Waals surface area contributed by atoms with Gasteiger partial charge in [0.1, 0.15) is 13.6 Å². The largest absolute Gasteiger partial charge is 0.438 e. The highest BCUT2D eigenvalue weighted by molar-refractivity contribution is 7.91. The van der Waals surface area contributed by atoms with Gasteiger partial charge in [0.05, 0.1) is 28.0 Å². The first-order valence-corrected chi connectivity index (χ1v) is 10.6. The predicted molar refractivity (Wildman–Crippen MR) is 107 cm³/mol. The van der Waals surface area contributed by atoms with E-state index in [1.807, 2.05) is 23.9 Å². The molecule has 0 atom stereocenters. The van der Waals surface area contributed by atoms with E-state index in [1.54, 1.807) is 29.2 Å². The Bertz CT molecular complexity index is 1160. The molecule has 0 N–H and O–H groups in total. The molecule has 142 valence electrons. The van der Waals surface area contributed by atoms with Crippen molar-refractivity contribution in [2.24, 2.45) is 7.05 Å². The summed E-state index contributed by atoms with van der Waals surface area (Å²) in [6.07, 6.45) is 3.31. The van der Waals surface area contributed by atoms with Crippen LogP contribution >= 0.6 is 0 Å². The number of hydrogen-bond acceptors (Lipinski definition) is 5. The Morgan fingerprint density at radius 2 is 1.96 bits per heavy atom. The van der Waals surface area contributed by atoms with Crippen molar-refractivity contribution in [1.82, 2.24) is 14.5 Å². The summed E-state index contributed by atoms with van der Waals surface area (Å²) in [6, 6.07) is 8.86. The minimum absolute atomic E-state index is 0.0148. The summed E-state index contributed by atoms with van der Waals surface area (Å²) in [5, 5.41) is 0.695. The number of aryl methyl sites for hydroxylation is 1. The molecule has 1 amide bonds. The molecule has 2 radical (unpaired) electrons. The first-order chi connectivity index (χ1) is 13.3. The molecule has 28 heavy (non-hydrogen) atoms. The SMILES string of the molecule is [B]c1cccc(Oc2ncc(C(=O)N3CCS(=O)(=O)CC3)c3c2ccn3C)c1. The zero-order chi connectivity index (χ0) is 19.9. The van der Waals surface area contributed by atoms with Crippen LogP contribution in [0, 0.1) is 0 Å². The van der Waals surface area contributed by atoms with E-state index in [-0.39, 0.29) is 30.5 Å². The maximum absolute atomic E-state index is 13.0. The van der Waals surface area contributed by atoms with Gasteiger partial charge in [-0.05, 0) is 18.2 Å². The van der Waals surface area contributed by atoms with Crippen LogP contribution in [-0.4, -0.2) is 61.2 Å². The van der Waals surface area contributed by atoms with Crippen molar-refractivity contribution in [3.8, 4) is 11.6 Å². The smallest absolute Gasteiger partial charge is 0.257 e. The molecule has 0 spiro atoms. The average molecular weight is 395 g/mol. The number of carbonyl (C=O) groups is 1. The second-order valence-corrected chi connectivity index (χ2v) is 9.09. The van der Waals surface area contributed by atoms with Crippen molar-refractivity contribution in [2.45, 2.75) is 0 Å². The van der Waals surface area contributed by atoms with Crippen molar-refractivity contribution >= 4 is 40.0 Å². The fourth-order valence-electron chi connectivity index (χ4n) is 3.30. The van der Waals surface area contributed by atoms with Gasteiger partial charge in [-0.1, -0.05) is 17.6 Å². The highest BCUT2D eigenvalue weighted by Crippen LogP contribution is 2.31. The maximum atomic E-state index is 13.0. The maximum Gasteiger partial charge on any atom is 0.257 e. The van der Waals surface area contributed by atoms with Crippen molar-refractivity contribution in [3.63, 3.8) is 0 Å². The zero-order valence-corrected chi connectivity index (χ0v) is 16.1. The van der Waals surface area contributed by atoms with E-state index in [1.165, 1.54) is 6.20 Å². The van der Waals surface area contributed by atoms with Gasteiger partial charge in [0.15, 0.2) is 9.84 Å². The molecule has 9 heteroatoms. The lowest BCUT2D eigenvalue weighted by molar-refractivity contribution is 0.0771. The molecule has 0 aliphatic carbocycles. The molecule has 1 aliphatic heterocycles. The Balaban J connectivity index is 1.69. The molecule has 0 unspecified atom stereocenters. The number of aromatic nitrogens is 2. The molecule has 2 aromatic heterocycles. The molecule has 4 rings (SSSR count). The van der Waals surface area contributed by atoms with Crippen LogP contribution in [0.4, 0.5) is 0 Å². The van der Waals surface area contributed by atoms with Crippen molar-refractivity contribution in [1.29, 1.82) is 0 Å². The summed E-state index contributed by atoms with van der Waals surface area (Å²) >= 11 is 0. The number of ether oxygens (including phenoxy) is 1. The average Bonchev–Trinajstić information content (AvgIpc) is 3.04. The van der Waals surface area contributed by atoms with Gasteiger partial charge in [0.2, 0.25) is 5.88 Å². The lowest BCUT2D eigenvalue weighted by Gasteiger charge is -2.27. The minimum Gasteiger partial charge on any atom is -0.438 e. The fourth-order valence-corrected chi connectivity index (χ4v) is 4.51. The monoisotopic (exact) mass is 395 g/mol. The highest BCUT2D eigenvalue weighted by Gasteiger charge is 2.28. The van der Waals surface area contributed by atoms with Crippen LogP contribution in [0.3, 0.4) is 0 Å². The molecular formula is C19H18BN3O4S. The number of pyridine rings is 1. The normalized spacial score (nSPS) is 16.2. The van der Waals surface area contributed by atoms with Gasteiger partial charge < -0.3 is 14.2 Å². The standard InChI is InChI=1S/C19H18BN3O4S/c1-22-6-5-15-17(22)16(19(24)23-7-9-28(25,26)10-8-23)12-21-18(15)27-14-4-2-3-13(20)11-14/h2-6,11-12H,7-10H2,1H3. The molecule has 1 fully saturated rings. The third kappa shape index (κ3) is 3.49. The van der Waals surface area contributed by atoms with Crippen molar-refractivity contribution < 1.29 is 17.9 Å². The summed E-state index contributed by atoms with van der Waals surface area (Å²) in [7, 11) is 4.57. The molecule has 1 saturated heterocycles. The van der Waals surface area contributed by atoms with E-state index in [4.69, 9.17) is 12.6 Å². The molecule has 7 nitrogen and oxygen atoms in total. The van der Waals surface area contributed by atoms with Gasteiger partial charge in [-0.15, -0.1) is 0 Å². The fraction of sp³-hybridized carbons (Fsp3) is 0.263. The number of fused-ring (bicyclic) bond motifs is 1. The lowest BCUT2D eigenvalue weighted by atomic mass is 9.96. The van der Waals surface area contributed by atoms with Crippen LogP contribution in [-0.2, 0) is 16.9 Å². The zero-order valence-electron chi connectivity index (χ0n) is 15.3. The van der Waals surface area contributed by atoms with Gasteiger partial charge in [-0.3, -0.25) is 4.79 Å². The van der Waals surface area contributed by atoms with Gasteiger partial charge in [0.25, 0.3) is 5.91 Å². The number of sulfone groups is 1. The molecule has 1 aromatic carbocycles. The topological polar surface area (TPSA) is 81.5 Å². The van der Waals surface area contributed by atoms with Crippen LogP contribution in [0.5, 0.6) is 11.6 Å². The lowest BCUT2D eigenvalue weighted by Crippen LogP contribution is -2.43. The Morgan fingerprint density at radius 3 is 2.68 bits per heavy atom. The molecule has 3 aromatic rings. The van der Waals surface area contributed by atoms with Crippen molar-refractivity contribution in [2.75, 3.05) is 24.6 Å². The van der Waals surface area contributed by atoms with Crippen LogP contribution in [0.1, 0.15) is 10.4 Å². The van der Waals surface area contributed by atoms with Gasteiger partial charge in [0, 0.05) is 32.5 Å². The second-order valence-electron chi connectivity index (χ2n) is 6.78. The van der Waals surface area contributed by atoms with Crippen molar-refractivity contribution in [3.05, 3.63) is 48.3 Å².